The second kappa shape index (κ2) is 9.51. The molecule has 1 aliphatic rings. The van der Waals surface area contributed by atoms with Crippen LogP contribution in [-0.4, -0.2) is 41.6 Å². The molecule has 1 amide bonds. The van der Waals surface area contributed by atoms with Crippen LogP contribution in [0.1, 0.15) is 22.7 Å². The van der Waals surface area contributed by atoms with Crippen LogP contribution in [0.4, 0.5) is 4.39 Å². The number of nitrogens with zero attached hydrogens (tertiary/aromatic N) is 1. The Kier molecular flexibility index (Phi) is 6.35. The molecule has 0 saturated heterocycles. The fourth-order valence-electron chi connectivity index (χ4n) is 3.92. The molecule has 3 aromatic carbocycles. The van der Waals surface area contributed by atoms with Crippen molar-refractivity contribution >= 4 is 11.9 Å². The number of carbonyl (C=O) groups excluding carboxylic acids is 1. The van der Waals surface area contributed by atoms with Crippen LogP contribution in [-0.2, 0) is 16.0 Å². The van der Waals surface area contributed by atoms with Crippen molar-refractivity contribution in [2.24, 2.45) is 0 Å². The zero-order chi connectivity index (χ0) is 22.5. The third-order valence-electron chi connectivity index (χ3n) is 5.33. The van der Waals surface area contributed by atoms with Crippen LogP contribution in [0.2, 0.25) is 0 Å². The number of hydrogen-bond donors (Lipinski definition) is 1. The van der Waals surface area contributed by atoms with Gasteiger partial charge in [0, 0.05) is 12.1 Å². The topological polar surface area (TPSA) is 76.1 Å². The number of ether oxygens (including phenoxy) is 2. The van der Waals surface area contributed by atoms with Gasteiger partial charge in [0.1, 0.15) is 17.3 Å². The number of carboxylic acid groups (broad SMARTS) is 1. The van der Waals surface area contributed by atoms with E-state index in [1.165, 1.54) is 18.2 Å². The van der Waals surface area contributed by atoms with Crippen LogP contribution in [0.15, 0.2) is 72.8 Å². The molecule has 1 unspecified atom stereocenters. The number of carboxylic acids is 1. The molecule has 4 rings (SSSR count). The molecule has 164 valence electrons. The van der Waals surface area contributed by atoms with E-state index in [-0.39, 0.29) is 18.3 Å². The molecule has 1 heterocycles. The standard InChI is InChI=1S/C25H22FNO5/c26-18-10-11-22(32-16-24(29)30)21(14-18)25-20-9-5-4-6-17(20)12-13-27(25)23(28)15-31-19-7-2-1-3-8-19/h1-11,14,25H,12-13,15-16H2,(H,29,30). The van der Waals surface area contributed by atoms with Crippen LogP contribution in [0.5, 0.6) is 11.5 Å². The van der Waals surface area contributed by atoms with Gasteiger partial charge in [0.15, 0.2) is 13.2 Å². The molecule has 7 heteroatoms. The molecule has 0 radical (unpaired) electrons. The molecule has 6 nitrogen and oxygen atoms in total. The fourth-order valence-corrected chi connectivity index (χ4v) is 3.92. The second-order valence-electron chi connectivity index (χ2n) is 7.40. The van der Waals surface area contributed by atoms with Crippen LogP contribution >= 0.6 is 0 Å². The summed E-state index contributed by atoms with van der Waals surface area (Å²) in [4.78, 5) is 25.9. The first-order chi connectivity index (χ1) is 15.5. The Morgan fingerprint density at radius 1 is 0.938 bits per heavy atom. The van der Waals surface area contributed by atoms with Gasteiger partial charge in [-0.1, -0.05) is 42.5 Å². The molecule has 0 aliphatic carbocycles. The van der Waals surface area contributed by atoms with Gasteiger partial charge in [-0.05, 0) is 47.9 Å². The molecule has 0 saturated carbocycles. The van der Waals surface area contributed by atoms with Gasteiger partial charge in [0.25, 0.3) is 5.91 Å². The minimum absolute atomic E-state index is 0.177. The summed E-state index contributed by atoms with van der Waals surface area (Å²) in [5.41, 5.74) is 2.28. The number of hydrogen-bond acceptors (Lipinski definition) is 4. The number of benzene rings is 3. The molecule has 0 spiro atoms. The van der Waals surface area contributed by atoms with Crippen molar-refractivity contribution in [2.75, 3.05) is 19.8 Å². The lowest BCUT2D eigenvalue weighted by Gasteiger charge is -2.38. The van der Waals surface area contributed by atoms with E-state index in [0.29, 0.717) is 24.3 Å². The lowest BCUT2D eigenvalue weighted by molar-refractivity contribution is -0.139. The highest BCUT2D eigenvalue weighted by Gasteiger charge is 2.34. The maximum absolute atomic E-state index is 14.3. The molecule has 1 atom stereocenters. The second-order valence-corrected chi connectivity index (χ2v) is 7.40. The molecule has 1 N–H and O–H groups in total. The summed E-state index contributed by atoms with van der Waals surface area (Å²) in [7, 11) is 0. The summed E-state index contributed by atoms with van der Waals surface area (Å²) in [6.07, 6.45) is 0.643. The first kappa shape index (κ1) is 21.4. The van der Waals surface area contributed by atoms with Crippen molar-refractivity contribution in [3.05, 3.63) is 95.3 Å². The summed E-state index contributed by atoms with van der Waals surface area (Å²) in [5, 5.41) is 9.03. The number of fused-ring (bicyclic) bond motifs is 1. The van der Waals surface area contributed by atoms with Crippen LogP contribution in [0, 0.1) is 5.82 Å². The molecule has 3 aromatic rings. The van der Waals surface area contributed by atoms with Crippen LogP contribution in [0.25, 0.3) is 0 Å². The molecule has 0 aromatic heterocycles. The van der Waals surface area contributed by atoms with Crippen LogP contribution in [0.3, 0.4) is 0 Å². The summed E-state index contributed by atoms with van der Waals surface area (Å²) in [5.74, 6) is -1.11. The van der Waals surface area contributed by atoms with Gasteiger partial charge in [-0.2, -0.15) is 0 Å². The lowest BCUT2D eigenvalue weighted by Crippen LogP contribution is -2.43. The van der Waals surface area contributed by atoms with Gasteiger partial charge in [0.05, 0.1) is 6.04 Å². The Labute approximate surface area is 184 Å². The van der Waals surface area contributed by atoms with Crippen molar-refractivity contribution in [1.82, 2.24) is 4.90 Å². The number of amides is 1. The molecular weight excluding hydrogens is 413 g/mol. The Hall–Kier alpha value is -3.87. The monoisotopic (exact) mass is 435 g/mol. The summed E-state index contributed by atoms with van der Waals surface area (Å²) >= 11 is 0. The number of halogens is 1. The van der Waals surface area contributed by atoms with Crippen molar-refractivity contribution in [1.29, 1.82) is 0 Å². The van der Waals surface area contributed by atoms with E-state index < -0.39 is 24.4 Å². The molecule has 32 heavy (non-hydrogen) atoms. The predicted octanol–water partition coefficient (Wildman–Crippen LogP) is 3.84. The zero-order valence-corrected chi connectivity index (χ0v) is 17.2. The third kappa shape index (κ3) is 4.72. The van der Waals surface area contributed by atoms with Crippen molar-refractivity contribution in [3.63, 3.8) is 0 Å². The van der Waals surface area contributed by atoms with E-state index in [9.17, 15) is 14.0 Å². The average Bonchev–Trinajstić information content (AvgIpc) is 2.81. The SMILES string of the molecule is O=C(O)COc1ccc(F)cc1C1c2ccccc2CCN1C(=O)COc1ccccc1. The van der Waals surface area contributed by atoms with E-state index in [4.69, 9.17) is 14.6 Å². The quantitative estimate of drug-likeness (QED) is 0.610. The maximum Gasteiger partial charge on any atom is 0.341 e. The van der Waals surface area contributed by atoms with Crippen molar-refractivity contribution < 1.29 is 28.6 Å². The number of carbonyl (C=O) groups is 2. The van der Waals surface area contributed by atoms with Crippen molar-refractivity contribution in [2.45, 2.75) is 12.5 Å². The Balaban J connectivity index is 1.69. The largest absolute Gasteiger partial charge is 0.484 e. The first-order valence-electron chi connectivity index (χ1n) is 10.2. The minimum atomic E-state index is -1.14. The van der Waals surface area contributed by atoms with E-state index in [0.717, 1.165) is 11.1 Å². The average molecular weight is 435 g/mol. The van der Waals surface area contributed by atoms with Gasteiger partial charge >= 0.3 is 5.97 Å². The first-order valence-corrected chi connectivity index (χ1v) is 10.2. The molecule has 0 fully saturated rings. The Morgan fingerprint density at radius 3 is 2.47 bits per heavy atom. The summed E-state index contributed by atoms with van der Waals surface area (Å²) < 4.78 is 25.4. The third-order valence-corrected chi connectivity index (χ3v) is 5.33. The van der Waals surface area contributed by atoms with Gasteiger partial charge in [-0.3, -0.25) is 4.79 Å². The van der Waals surface area contributed by atoms with Gasteiger partial charge in [-0.15, -0.1) is 0 Å². The molecular formula is C25H22FNO5. The number of rotatable bonds is 7. The van der Waals surface area contributed by atoms with E-state index in [2.05, 4.69) is 0 Å². The zero-order valence-electron chi connectivity index (χ0n) is 17.2. The predicted molar refractivity (Wildman–Crippen MR) is 115 cm³/mol. The highest BCUT2D eigenvalue weighted by molar-refractivity contribution is 5.79. The minimum Gasteiger partial charge on any atom is -0.484 e. The lowest BCUT2D eigenvalue weighted by atomic mass is 9.87. The fraction of sp³-hybridized carbons (Fsp3) is 0.200. The van der Waals surface area contributed by atoms with Gasteiger partial charge in [0.2, 0.25) is 0 Å². The smallest absolute Gasteiger partial charge is 0.341 e. The highest BCUT2D eigenvalue weighted by Crippen LogP contribution is 2.39. The van der Waals surface area contributed by atoms with Gasteiger partial charge in [-0.25, -0.2) is 9.18 Å². The highest BCUT2D eigenvalue weighted by atomic mass is 19.1. The Bertz CT molecular complexity index is 1120. The van der Waals surface area contributed by atoms with E-state index >= 15 is 0 Å². The van der Waals surface area contributed by atoms with Crippen LogP contribution < -0.4 is 9.47 Å². The normalized spacial score (nSPS) is 15.0. The van der Waals surface area contributed by atoms with E-state index in [1.54, 1.807) is 17.0 Å². The van der Waals surface area contributed by atoms with Gasteiger partial charge < -0.3 is 19.5 Å². The summed E-state index contributed by atoms with van der Waals surface area (Å²) in [6, 6.07) is 19.9. The Morgan fingerprint density at radius 2 is 1.69 bits per heavy atom. The van der Waals surface area contributed by atoms with E-state index in [1.807, 2.05) is 42.5 Å². The molecule has 0 bridgehead atoms. The number of aliphatic carboxylic acids is 1. The number of para-hydroxylation sites is 1. The summed E-state index contributed by atoms with van der Waals surface area (Å²) in [6.45, 7) is -0.338. The van der Waals surface area contributed by atoms with Crippen molar-refractivity contribution in [3.8, 4) is 11.5 Å². The maximum atomic E-state index is 14.3. The molecule has 1 aliphatic heterocycles.